The minimum absolute atomic E-state index is 0.0197. The van der Waals surface area contributed by atoms with E-state index in [1.54, 1.807) is 20.2 Å². The van der Waals surface area contributed by atoms with Crippen LogP contribution in [0.3, 0.4) is 0 Å². The maximum atomic E-state index is 12.8. The molecule has 1 aliphatic heterocycles. The van der Waals surface area contributed by atoms with Gasteiger partial charge in [-0.3, -0.25) is 4.99 Å². The van der Waals surface area contributed by atoms with Crippen molar-refractivity contribution in [1.29, 1.82) is 0 Å². The first kappa shape index (κ1) is 20.7. The van der Waals surface area contributed by atoms with Crippen LogP contribution in [-0.2, 0) is 11.3 Å². The number of hydrogen-bond donors (Lipinski definition) is 2. The molecule has 2 N–H and O–H groups in total. The molecule has 0 bridgehead atoms. The average Bonchev–Trinajstić information content (AvgIpc) is 3.18. The number of alkyl halides is 2. The average molecular weight is 407 g/mol. The lowest BCUT2D eigenvalue weighted by atomic mass is 10.1. The summed E-state index contributed by atoms with van der Waals surface area (Å²) in [4.78, 5) is 4.16. The Morgan fingerprint density at radius 3 is 2.52 bits per heavy atom. The van der Waals surface area contributed by atoms with Gasteiger partial charge in [-0.1, -0.05) is 30.3 Å². The molecule has 0 spiro atoms. The largest absolute Gasteiger partial charge is 0.454 e. The zero-order valence-corrected chi connectivity index (χ0v) is 16.2. The van der Waals surface area contributed by atoms with Gasteiger partial charge < -0.3 is 29.6 Å². The van der Waals surface area contributed by atoms with Crippen LogP contribution in [0.25, 0.3) is 0 Å². The minimum Gasteiger partial charge on any atom is -0.454 e. The summed E-state index contributed by atoms with van der Waals surface area (Å²) in [5.74, 6) is 1.36. The van der Waals surface area contributed by atoms with Gasteiger partial charge in [0.15, 0.2) is 17.5 Å². The van der Waals surface area contributed by atoms with Crippen molar-refractivity contribution < 1.29 is 27.7 Å². The Labute approximate surface area is 167 Å². The smallest absolute Gasteiger partial charge is 0.387 e. The fourth-order valence-corrected chi connectivity index (χ4v) is 2.90. The molecule has 0 radical (unpaired) electrons. The van der Waals surface area contributed by atoms with Crippen LogP contribution in [0.4, 0.5) is 8.78 Å². The van der Waals surface area contributed by atoms with E-state index in [9.17, 15) is 8.78 Å². The number of ether oxygens (including phenoxy) is 4. The molecule has 1 aliphatic rings. The molecular weight excluding hydrogens is 384 g/mol. The lowest BCUT2D eigenvalue weighted by Gasteiger charge is -2.19. The number of nitrogens with zero attached hydrogens (tertiary/aromatic N) is 1. The molecule has 2 aromatic carbocycles. The van der Waals surface area contributed by atoms with Crippen LogP contribution in [0.1, 0.15) is 17.2 Å². The Morgan fingerprint density at radius 1 is 1.14 bits per heavy atom. The van der Waals surface area contributed by atoms with Crippen LogP contribution >= 0.6 is 0 Å². The van der Waals surface area contributed by atoms with Crippen molar-refractivity contribution in [3.8, 4) is 17.2 Å². The van der Waals surface area contributed by atoms with E-state index in [4.69, 9.17) is 14.2 Å². The normalized spacial score (nSPS) is 14.0. The number of halogens is 2. The molecule has 1 heterocycles. The Morgan fingerprint density at radius 2 is 1.86 bits per heavy atom. The molecule has 0 fully saturated rings. The van der Waals surface area contributed by atoms with Gasteiger partial charge in [-0.25, -0.2) is 0 Å². The molecule has 0 aromatic heterocycles. The van der Waals surface area contributed by atoms with Crippen LogP contribution in [0.2, 0.25) is 0 Å². The van der Waals surface area contributed by atoms with Crippen molar-refractivity contribution in [2.24, 2.45) is 4.99 Å². The highest BCUT2D eigenvalue weighted by Gasteiger charge is 2.20. The van der Waals surface area contributed by atoms with E-state index < -0.39 is 6.61 Å². The monoisotopic (exact) mass is 407 g/mol. The molecule has 3 rings (SSSR count). The first-order valence-electron chi connectivity index (χ1n) is 9.00. The molecule has 156 valence electrons. The molecule has 0 aliphatic carbocycles. The van der Waals surface area contributed by atoms with Gasteiger partial charge in [0.25, 0.3) is 0 Å². The van der Waals surface area contributed by atoms with Crippen molar-refractivity contribution in [3.05, 3.63) is 53.6 Å². The quantitative estimate of drug-likeness (QED) is 0.518. The first-order valence-corrected chi connectivity index (χ1v) is 9.00. The van der Waals surface area contributed by atoms with Crippen LogP contribution in [0.5, 0.6) is 17.2 Å². The van der Waals surface area contributed by atoms with E-state index in [0.29, 0.717) is 29.6 Å². The summed E-state index contributed by atoms with van der Waals surface area (Å²) in [7, 11) is 3.26. The van der Waals surface area contributed by atoms with Crippen molar-refractivity contribution in [1.82, 2.24) is 10.6 Å². The second-order valence-corrected chi connectivity index (χ2v) is 6.13. The van der Waals surface area contributed by atoms with Crippen LogP contribution < -0.4 is 24.8 Å². The molecule has 0 saturated carbocycles. The number of hydrogen-bond acceptors (Lipinski definition) is 5. The lowest BCUT2D eigenvalue weighted by Crippen LogP contribution is -2.39. The number of guanidine groups is 1. The highest BCUT2D eigenvalue weighted by Crippen LogP contribution is 2.38. The molecule has 9 heteroatoms. The van der Waals surface area contributed by atoms with Crippen LogP contribution in [0.15, 0.2) is 47.5 Å². The number of nitrogens with one attached hydrogen (secondary N) is 2. The van der Waals surface area contributed by atoms with E-state index in [2.05, 4.69) is 20.4 Å². The second-order valence-electron chi connectivity index (χ2n) is 6.13. The van der Waals surface area contributed by atoms with Crippen LogP contribution in [0, 0.1) is 0 Å². The molecule has 2 aromatic rings. The number of rotatable bonds is 8. The summed E-state index contributed by atoms with van der Waals surface area (Å²) in [6.45, 7) is -2.23. The topological polar surface area (TPSA) is 73.3 Å². The number of methoxy groups -OCH3 is 1. The maximum Gasteiger partial charge on any atom is 0.387 e. The SMILES string of the molecule is CN=C(NCc1cc2c(cc1OC(F)F)OCO2)NCC(OC)c1ccccc1. The predicted molar refractivity (Wildman–Crippen MR) is 104 cm³/mol. The zero-order valence-electron chi connectivity index (χ0n) is 16.2. The summed E-state index contributed by atoms with van der Waals surface area (Å²) in [5.41, 5.74) is 1.52. The fraction of sp³-hybridized carbons (Fsp3) is 0.350. The summed E-state index contributed by atoms with van der Waals surface area (Å²) in [6.07, 6.45) is -0.168. The number of fused-ring (bicyclic) bond motifs is 1. The second kappa shape index (κ2) is 9.92. The summed E-state index contributed by atoms with van der Waals surface area (Å²) < 4.78 is 46.2. The van der Waals surface area contributed by atoms with E-state index in [1.165, 1.54) is 6.07 Å². The Bertz CT molecular complexity index is 834. The third kappa shape index (κ3) is 5.47. The highest BCUT2D eigenvalue weighted by atomic mass is 19.3. The van der Waals surface area contributed by atoms with E-state index in [1.807, 2.05) is 30.3 Å². The third-order valence-corrected chi connectivity index (χ3v) is 4.35. The molecule has 0 amide bonds. The van der Waals surface area contributed by atoms with E-state index in [0.717, 1.165) is 5.56 Å². The highest BCUT2D eigenvalue weighted by molar-refractivity contribution is 5.79. The lowest BCUT2D eigenvalue weighted by molar-refractivity contribution is -0.0505. The molecule has 1 atom stereocenters. The van der Waals surface area contributed by atoms with Crippen molar-refractivity contribution >= 4 is 5.96 Å². The zero-order chi connectivity index (χ0) is 20.6. The van der Waals surface area contributed by atoms with Gasteiger partial charge in [0.2, 0.25) is 6.79 Å². The van der Waals surface area contributed by atoms with Gasteiger partial charge in [-0.2, -0.15) is 8.78 Å². The predicted octanol–water partition coefficient (Wildman–Crippen LogP) is 3.07. The standard InChI is InChI=1S/C20H23F2N3O4/c1-23-20(25-11-18(26-2)13-6-4-3-5-7-13)24-10-14-8-16-17(28-12-27-16)9-15(14)29-19(21)22/h3-9,18-19H,10-12H2,1-2H3,(H2,23,24,25). The number of aliphatic imine (C=N–C) groups is 1. The van der Waals surface area contributed by atoms with Gasteiger partial charge >= 0.3 is 6.61 Å². The molecule has 1 unspecified atom stereocenters. The van der Waals surface area contributed by atoms with Gasteiger partial charge in [-0.05, 0) is 11.6 Å². The van der Waals surface area contributed by atoms with E-state index in [-0.39, 0.29) is 25.2 Å². The van der Waals surface area contributed by atoms with Crippen molar-refractivity contribution in [2.75, 3.05) is 27.5 Å². The molecule has 29 heavy (non-hydrogen) atoms. The first-order chi connectivity index (χ1) is 14.1. The Kier molecular flexibility index (Phi) is 7.07. The summed E-state index contributed by atoms with van der Waals surface area (Å²) in [6, 6.07) is 12.8. The van der Waals surface area contributed by atoms with Gasteiger partial charge in [0, 0.05) is 38.9 Å². The maximum absolute atomic E-state index is 12.8. The summed E-state index contributed by atoms with van der Waals surface area (Å²) in [5, 5.41) is 6.25. The molecule has 7 nitrogen and oxygen atoms in total. The fourth-order valence-electron chi connectivity index (χ4n) is 2.90. The van der Waals surface area contributed by atoms with E-state index >= 15 is 0 Å². The van der Waals surface area contributed by atoms with Crippen molar-refractivity contribution in [2.45, 2.75) is 19.3 Å². The molecular formula is C20H23F2N3O4. The summed E-state index contributed by atoms with van der Waals surface area (Å²) >= 11 is 0. The van der Waals surface area contributed by atoms with Gasteiger partial charge in [0.1, 0.15) is 5.75 Å². The Hall–Kier alpha value is -3.07. The number of benzene rings is 2. The van der Waals surface area contributed by atoms with Crippen LogP contribution in [-0.4, -0.2) is 40.1 Å². The minimum atomic E-state index is -2.94. The Balaban J connectivity index is 1.63. The van der Waals surface area contributed by atoms with Gasteiger partial charge in [-0.15, -0.1) is 0 Å². The third-order valence-electron chi connectivity index (χ3n) is 4.35. The van der Waals surface area contributed by atoms with Gasteiger partial charge in [0.05, 0.1) is 6.10 Å². The van der Waals surface area contributed by atoms with Crippen molar-refractivity contribution in [3.63, 3.8) is 0 Å². The molecule has 0 saturated heterocycles.